The van der Waals surface area contributed by atoms with Crippen molar-refractivity contribution in [1.29, 1.82) is 0 Å². The average molecular weight is 406 g/mol. The van der Waals surface area contributed by atoms with Crippen molar-refractivity contribution < 1.29 is 23.2 Å². The van der Waals surface area contributed by atoms with E-state index in [2.05, 4.69) is 10.6 Å². The second kappa shape index (κ2) is 7.14. The molecule has 0 aromatic heterocycles. The summed E-state index contributed by atoms with van der Waals surface area (Å²) >= 11 is 0. The summed E-state index contributed by atoms with van der Waals surface area (Å²) in [4.78, 5) is 38.1. The summed E-state index contributed by atoms with van der Waals surface area (Å²) in [5, 5.41) is 5.47. The van der Waals surface area contributed by atoms with Gasteiger partial charge in [-0.3, -0.25) is 19.7 Å². The van der Waals surface area contributed by atoms with E-state index in [1.807, 2.05) is 18.2 Å². The second-order valence-electron chi connectivity index (χ2n) is 8.37. The number of fused-ring (bicyclic) bond motifs is 1. The van der Waals surface area contributed by atoms with Crippen molar-refractivity contribution in [3.8, 4) is 0 Å². The van der Waals surface area contributed by atoms with Crippen LogP contribution in [0.2, 0.25) is 0 Å². The Balaban J connectivity index is 1.44. The minimum Gasteiger partial charge on any atom is -0.330 e. The van der Waals surface area contributed by atoms with Crippen molar-refractivity contribution in [1.82, 2.24) is 15.5 Å². The highest BCUT2D eigenvalue weighted by molar-refractivity contribution is 6.05. The topological polar surface area (TPSA) is 105 Å². The number of halogens is 2. The number of nitrogens with zero attached hydrogens (tertiary/aromatic N) is 1. The second-order valence-corrected chi connectivity index (χ2v) is 8.37. The molecule has 9 heteroatoms. The zero-order chi connectivity index (χ0) is 20.8. The normalized spacial score (nSPS) is 24.9. The van der Waals surface area contributed by atoms with Crippen LogP contribution in [0.25, 0.3) is 0 Å². The maximum absolute atomic E-state index is 13.3. The van der Waals surface area contributed by atoms with Crippen LogP contribution in [-0.4, -0.2) is 47.7 Å². The lowest BCUT2D eigenvalue weighted by molar-refractivity contribution is -0.155. The van der Waals surface area contributed by atoms with Crippen molar-refractivity contribution in [2.45, 2.75) is 50.7 Å². The van der Waals surface area contributed by atoms with E-state index in [0.29, 0.717) is 31.6 Å². The van der Waals surface area contributed by atoms with Gasteiger partial charge in [-0.2, -0.15) is 0 Å². The van der Waals surface area contributed by atoms with E-state index in [4.69, 9.17) is 5.73 Å². The number of amides is 3. The summed E-state index contributed by atoms with van der Waals surface area (Å²) in [6.45, 7) is 1.21. The number of nitrogens with one attached hydrogen (secondary N) is 2. The lowest BCUT2D eigenvalue weighted by Gasteiger charge is -2.47. The molecule has 1 saturated heterocycles. The molecule has 0 spiro atoms. The van der Waals surface area contributed by atoms with Gasteiger partial charge in [-0.25, -0.2) is 8.78 Å². The van der Waals surface area contributed by atoms with Crippen LogP contribution in [-0.2, 0) is 22.7 Å². The van der Waals surface area contributed by atoms with Crippen LogP contribution in [0.5, 0.6) is 0 Å². The van der Waals surface area contributed by atoms with E-state index in [9.17, 15) is 23.2 Å². The predicted octanol–water partition coefficient (Wildman–Crippen LogP) is 0.911. The number of nitrogens with two attached hydrogens (primary N) is 1. The van der Waals surface area contributed by atoms with Crippen LogP contribution >= 0.6 is 0 Å². The molecule has 3 aliphatic rings. The molecule has 4 rings (SSSR count). The molecule has 2 heterocycles. The molecule has 1 aliphatic carbocycles. The molecular weight excluding hydrogens is 382 g/mol. The molecule has 1 aromatic carbocycles. The Hall–Kier alpha value is -2.39. The minimum absolute atomic E-state index is 0.185. The number of alkyl halides is 2. The Kier molecular flexibility index (Phi) is 4.90. The summed E-state index contributed by atoms with van der Waals surface area (Å²) in [6.07, 6.45) is 0.0686. The molecule has 0 bridgehead atoms. The summed E-state index contributed by atoms with van der Waals surface area (Å²) < 4.78 is 26.6. The summed E-state index contributed by atoms with van der Waals surface area (Å²) in [7, 11) is 0. The van der Waals surface area contributed by atoms with Crippen LogP contribution < -0.4 is 16.4 Å². The molecule has 0 radical (unpaired) electrons. The van der Waals surface area contributed by atoms with Gasteiger partial charge >= 0.3 is 0 Å². The van der Waals surface area contributed by atoms with E-state index in [0.717, 1.165) is 11.1 Å². The number of hydrogen-bond donors (Lipinski definition) is 3. The number of rotatable bonds is 6. The number of carbonyl (C=O) groups excluding carboxylic acids is 3. The molecule has 1 saturated carbocycles. The molecule has 2 fully saturated rings. The van der Waals surface area contributed by atoms with Gasteiger partial charge in [0.2, 0.25) is 17.7 Å². The van der Waals surface area contributed by atoms with Gasteiger partial charge in [-0.15, -0.1) is 0 Å². The van der Waals surface area contributed by atoms with E-state index in [-0.39, 0.29) is 37.6 Å². The Labute approximate surface area is 167 Å². The highest BCUT2D eigenvalue weighted by Gasteiger charge is 2.55. The average Bonchev–Trinajstić information content (AvgIpc) is 2.97. The molecule has 1 unspecified atom stereocenters. The first-order valence-corrected chi connectivity index (χ1v) is 9.78. The van der Waals surface area contributed by atoms with Crippen molar-refractivity contribution in [2.24, 2.45) is 11.1 Å². The molecule has 7 nitrogen and oxygen atoms in total. The molecule has 4 N–H and O–H groups in total. The molecule has 1 atom stereocenters. The summed E-state index contributed by atoms with van der Waals surface area (Å²) in [5.41, 5.74) is 7.24. The lowest BCUT2D eigenvalue weighted by Crippen LogP contribution is -2.55. The number of piperidine rings is 1. The molecule has 2 aliphatic heterocycles. The lowest BCUT2D eigenvalue weighted by atomic mass is 9.66. The molecule has 3 amide bonds. The first-order valence-electron chi connectivity index (χ1n) is 9.78. The fraction of sp³-hybridized carbons (Fsp3) is 0.550. The smallest absolute Gasteiger partial charge is 0.255 e. The van der Waals surface area contributed by atoms with Gasteiger partial charge in [-0.1, -0.05) is 18.2 Å². The van der Waals surface area contributed by atoms with Crippen LogP contribution in [0, 0.1) is 5.41 Å². The van der Waals surface area contributed by atoms with Gasteiger partial charge in [0.05, 0.1) is 0 Å². The minimum atomic E-state index is -2.65. The van der Waals surface area contributed by atoms with Crippen LogP contribution in [0.4, 0.5) is 8.78 Å². The Morgan fingerprint density at radius 1 is 1.24 bits per heavy atom. The standard InChI is InChI=1S/C20H24F2N4O3/c21-20(22)8-19(9-20,10-23)11-24-6-12-2-1-3-13-7-26(18(29)16(12)13)14-4-5-15(27)25-17(14)28/h1-3,14,24H,4-11,23H2,(H,25,27,28). The Morgan fingerprint density at radius 3 is 2.66 bits per heavy atom. The van der Waals surface area contributed by atoms with E-state index < -0.39 is 23.3 Å². The van der Waals surface area contributed by atoms with Gasteiger partial charge in [0.25, 0.3) is 5.91 Å². The van der Waals surface area contributed by atoms with Crippen molar-refractivity contribution >= 4 is 17.7 Å². The summed E-state index contributed by atoms with van der Waals surface area (Å²) in [6, 6.07) is 4.84. The van der Waals surface area contributed by atoms with Gasteiger partial charge in [0.15, 0.2) is 0 Å². The van der Waals surface area contributed by atoms with Gasteiger partial charge in [-0.05, 0) is 24.1 Å². The molecule has 156 valence electrons. The first-order chi connectivity index (χ1) is 13.7. The van der Waals surface area contributed by atoms with E-state index in [1.54, 1.807) is 0 Å². The third-order valence-corrected chi connectivity index (χ3v) is 6.15. The maximum atomic E-state index is 13.3. The predicted molar refractivity (Wildman–Crippen MR) is 99.9 cm³/mol. The Morgan fingerprint density at radius 2 is 2.00 bits per heavy atom. The van der Waals surface area contributed by atoms with E-state index >= 15 is 0 Å². The number of hydrogen-bond acceptors (Lipinski definition) is 5. The maximum Gasteiger partial charge on any atom is 0.255 e. The third kappa shape index (κ3) is 3.64. The Bertz CT molecular complexity index is 865. The number of benzene rings is 1. The zero-order valence-corrected chi connectivity index (χ0v) is 16.0. The van der Waals surface area contributed by atoms with Crippen molar-refractivity contribution in [3.05, 3.63) is 34.9 Å². The molecular formula is C20H24F2N4O3. The highest BCUT2D eigenvalue weighted by atomic mass is 19.3. The SMILES string of the molecule is NCC1(CNCc2cccc3c2C(=O)N(C2CCC(=O)NC2=O)C3)CC(F)(F)C1. The van der Waals surface area contributed by atoms with Gasteiger partial charge in [0.1, 0.15) is 6.04 Å². The fourth-order valence-corrected chi connectivity index (χ4v) is 4.69. The monoisotopic (exact) mass is 406 g/mol. The highest BCUT2D eigenvalue weighted by Crippen LogP contribution is 2.51. The summed E-state index contributed by atoms with van der Waals surface area (Å²) in [5.74, 6) is -3.66. The van der Waals surface area contributed by atoms with Crippen molar-refractivity contribution in [3.63, 3.8) is 0 Å². The largest absolute Gasteiger partial charge is 0.330 e. The van der Waals surface area contributed by atoms with Crippen LogP contribution in [0.3, 0.4) is 0 Å². The number of carbonyl (C=O) groups is 3. The van der Waals surface area contributed by atoms with Crippen LogP contribution in [0.1, 0.15) is 47.2 Å². The van der Waals surface area contributed by atoms with Crippen LogP contribution in [0.15, 0.2) is 18.2 Å². The quantitative estimate of drug-likeness (QED) is 0.610. The number of imide groups is 1. The first kappa shape index (κ1) is 19.9. The van der Waals surface area contributed by atoms with Gasteiger partial charge < -0.3 is 16.0 Å². The zero-order valence-electron chi connectivity index (χ0n) is 16.0. The molecule has 29 heavy (non-hydrogen) atoms. The molecule has 1 aromatic rings. The van der Waals surface area contributed by atoms with Gasteiger partial charge in [0, 0.05) is 49.9 Å². The van der Waals surface area contributed by atoms with Crippen molar-refractivity contribution in [2.75, 3.05) is 13.1 Å². The third-order valence-electron chi connectivity index (χ3n) is 6.15. The fourth-order valence-electron chi connectivity index (χ4n) is 4.69. The van der Waals surface area contributed by atoms with E-state index in [1.165, 1.54) is 4.90 Å².